The molecule has 4 heteroatoms. The zero-order valence-corrected chi connectivity index (χ0v) is 20.4. The van der Waals surface area contributed by atoms with Crippen LogP contribution in [0.2, 0.25) is 0 Å². The Labute approximate surface area is 226 Å². The zero-order chi connectivity index (χ0) is 27.9. The molecule has 182 valence electrons. The molecule has 0 saturated carbocycles. The van der Waals surface area contributed by atoms with E-state index in [4.69, 9.17) is 25.7 Å². The Morgan fingerprint density at radius 1 is 0.564 bits per heavy atom. The maximum absolute atomic E-state index is 12.7. The highest BCUT2D eigenvalue weighted by Crippen LogP contribution is 2.58. The van der Waals surface area contributed by atoms with Gasteiger partial charge in [0, 0.05) is 22.3 Å². The number of carboxylic acid groups (broad SMARTS) is 2. The number of carbonyl (C=O) groups is 2. The monoisotopic (exact) mass is 502 g/mol. The molecule has 1 aliphatic rings. The Bertz CT molecular complexity index is 1770. The van der Waals surface area contributed by atoms with Crippen molar-refractivity contribution in [2.45, 2.75) is 5.41 Å². The normalized spacial score (nSPS) is 12.1. The molecule has 5 rings (SSSR count). The van der Waals surface area contributed by atoms with Crippen LogP contribution in [0.3, 0.4) is 0 Å². The van der Waals surface area contributed by atoms with Crippen LogP contribution in [0, 0.1) is 49.4 Å². The first kappa shape index (κ1) is 24.7. The van der Waals surface area contributed by atoms with Crippen LogP contribution in [0.1, 0.15) is 65.2 Å². The highest BCUT2D eigenvalue weighted by atomic mass is 16.4. The SMILES string of the molecule is C#Cc1ccc(C2(c3ccc(C#C)c(C#C)c3)c3c(C(=O)O)cccc3-c3cccc(C(=O)O)c32)cc1C#C. The number of rotatable bonds is 4. The van der Waals surface area contributed by atoms with Crippen molar-refractivity contribution in [1.29, 1.82) is 0 Å². The maximum Gasteiger partial charge on any atom is 0.336 e. The van der Waals surface area contributed by atoms with Crippen molar-refractivity contribution in [3.63, 3.8) is 0 Å². The molecular weight excluding hydrogens is 484 g/mol. The zero-order valence-electron chi connectivity index (χ0n) is 20.4. The smallest absolute Gasteiger partial charge is 0.336 e. The summed E-state index contributed by atoms with van der Waals surface area (Å²) in [7, 11) is 0. The number of aromatic carboxylic acids is 2. The molecule has 39 heavy (non-hydrogen) atoms. The third-order valence-corrected chi connectivity index (χ3v) is 7.16. The van der Waals surface area contributed by atoms with Crippen molar-refractivity contribution >= 4 is 11.9 Å². The molecule has 0 heterocycles. The summed E-state index contributed by atoms with van der Waals surface area (Å²) in [5.41, 5.74) is 3.36. The Hall–Kier alpha value is -5.94. The van der Waals surface area contributed by atoms with Gasteiger partial charge in [0.05, 0.1) is 16.5 Å². The lowest BCUT2D eigenvalue weighted by molar-refractivity contribution is 0.0686. The van der Waals surface area contributed by atoms with Crippen molar-refractivity contribution in [2.75, 3.05) is 0 Å². The first-order valence-electron chi connectivity index (χ1n) is 11.7. The van der Waals surface area contributed by atoms with E-state index in [0.29, 0.717) is 55.6 Å². The minimum atomic E-state index is -1.44. The first-order chi connectivity index (χ1) is 18.8. The molecule has 4 aromatic rings. The molecule has 4 nitrogen and oxygen atoms in total. The second-order valence-corrected chi connectivity index (χ2v) is 8.91. The van der Waals surface area contributed by atoms with E-state index in [9.17, 15) is 19.8 Å². The van der Waals surface area contributed by atoms with Crippen LogP contribution >= 0.6 is 0 Å². The standard InChI is InChI=1S/C35H18O4/c1-5-21-15-17-25(19-23(21)7-3)35(26-18-16-22(6-2)24(8-4)20-26)31-27(11-9-13-29(31)33(36)37)28-12-10-14-30(32(28)35)34(38)39/h1-4,9-20H,(H,36,37)(H,38,39). The highest BCUT2D eigenvalue weighted by molar-refractivity contribution is 6.02. The molecule has 0 amide bonds. The summed E-state index contributed by atoms with van der Waals surface area (Å²) >= 11 is 0. The summed E-state index contributed by atoms with van der Waals surface area (Å²) < 4.78 is 0. The van der Waals surface area contributed by atoms with Crippen LogP contribution in [0.5, 0.6) is 0 Å². The Morgan fingerprint density at radius 2 is 0.949 bits per heavy atom. The van der Waals surface area contributed by atoms with Gasteiger partial charge in [-0.1, -0.05) is 60.1 Å². The third-order valence-electron chi connectivity index (χ3n) is 7.16. The molecule has 1 aliphatic carbocycles. The van der Waals surface area contributed by atoms with Crippen molar-refractivity contribution in [3.05, 3.63) is 128 Å². The van der Waals surface area contributed by atoms with Gasteiger partial charge in [-0.25, -0.2) is 9.59 Å². The van der Waals surface area contributed by atoms with E-state index in [-0.39, 0.29) is 11.1 Å². The second kappa shape index (κ2) is 9.18. The lowest BCUT2D eigenvalue weighted by Crippen LogP contribution is -2.32. The van der Waals surface area contributed by atoms with Gasteiger partial charge in [0.2, 0.25) is 0 Å². The molecule has 0 radical (unpaired) electrons. The van der Waals surface area contributed by atoms with Gasteiger partial charge in [-0.15, -0.1) is 25.7 Å². The molecular formula is C35H18O4. The molecule has 0 atom stereocenters. The number of fused-ring (bicyclic) bond motifs is 3. The minimum absolute atomic E-state index is 0.00612. The van der Waals surface area contributed by atoms with Gasteiger partial charge < -0.3 is 10.2 Å². The predicted molar refractivity (Wildman–Crippen MR) is 149 cm³/mol. The van der Waals surface area contributed by atoms with Gasteiger partial charge in [0.1, 0.15) is 0 Å². The van der Waals surface area contributed by atoms with Crippen LogP contribution in [0.25, 0.3) is 11.1 Å². The van der Waals surface area contributed by atoms with Crippen LogP contribution < -0.4 is 0 Å². The number of benzene rings is 4. The summed E-state index contributed by atoms with van der Waals surface area (Å²) in [5.74, 6) is 8.01. The molecule has 0 bridgehead atoms. The van der Waals surface area contributed by atoms with Crippen molar-refractivity contribution in [3.8, 4) is 60.5 Å². The summed E-state index contributed by atoms with van der Waals surface area (Å²) in [4.78, 5) is 25.4. The molecule has 0 fully saturated rings. The fraction of sp³-hybridized carbons (Fsp3) is 0.0286. The largest absolute Gasteiger partial charge is 0.478 e. The van der Waals surface area contributed by atoms with E-state index in [1.54, 1.807) is 60.7 Å². The van der Waals surface area contributed by atoms with Crippen LogP contribution in [0.4, 0.5) is 0 Å². The summed E-state index contributed by atoms with van der Waals surface area (Å²) in [6, 6.07) is 20.1. The van der Waals surface area contributed by atoms with Crippen LogP contribution in [-0.4, -0.2) is 22.2 Å². The number of carboxylic acids is 2. The molecule has 0 unspecified atom stereocenters. The molecule has 0 aliphatic heterocycles. The van der Waals surface area contributed by atoms with E-state index in [0.717, 1.165) is 0 Å². The Balaban J connectivity index is 2.11. The van der Waals surface area contributed by atoms with Gasteiger partial charge in [-0.05, 0) is 69.8 Å². The third kappa shape index (κ3) is 3.42. The number of hydrogen-bond donors (Lipinski definition) is 2. The van der Waals surface area contributed by atoms with Crippen LogP contribution in [0.15, 0.2) is 72.8 Å². The van der Waals surface area contributed by atoms with Gasteiger partial charge in [0.25, 0.3) is 0 Å². The average Bonchev–Trinajstić information content (AvgIpc) is 3.27. The quantitative estimate of drug-likeness (QED) is 0.324. The molecule has 0 spiro atoms. The van der Waals surface area contributed by atoms with E-state index in [2.05, 4.69) is 23.7 Å². The lowest BCUT2D eigenvalue weighted by Gasteiger charge is -2.36. The van der Waals surface area contributed by atoms with Gasteiger partial charge in [-0.3, -0.25) is 0 Å². The Kier molecular flexibility index (Phi) is 5.82. The predicted octanol–water partition coefficient (Wildman–Crippen LogP) is 5.37. The fourth-order valence-corrected chi connectivity index (χ4v) is 5.63. The van der Waals surface area contributed by atoms with E-state index >= 15 is 0 Å². The van der Waals surface area contributed by atoms with E-state index in [1.165, 1.54) is 12.1 Å². The van der Waals surface area contributed by atoms with Crippen molar-refractivity contribution < 1.29 is 19.8 Å². The molecule has 0 saturated heterocycles. The van der Waals surface area contributed by atoms with Gasteiger partial charge in [0.15, 0.2) is 0 Å². The fourth-order valence-electron chi connectivity index (χ4n) is 5.63. The van der Waals surface area contributed by atoms with Crippen molar-refractivity contribution in [1.82, 2.24) is 0 Å². The summed E-state index contributed by atoms with van der Waals surface area (Å²) in [6.45, 7) is 0. The van der Waals surface area contributed by atoms with E-state index < -0.39 is 17.4 Å². The number of hydrogen-bond acceptors (Lipinski definition) is 2. The van der Waals surface area contributed by atoms with Gasteiger partial charge in [-0.2, -0.15) is 0 Å². The minimum Gasteiger partial charge on any atom is -0.478 e. The second-order valence-electron chi connectivity index (χ2n) is 8.91. The molecule has 4 aromatic carbocycles. The van der Waals surface area contributed by atoms with Crippen LogP contribution in [-0.2, 0) is 5.41 Å². The topological polar surface area (TPSA) is 74.6 Å². The molecule has 2 N–H and O–H groups in total. The van der Waals surface area contributed by atoms with E-state index in [1.807, 2.05) is 0 Å². The van der Waals surface area contributed by atoms with Gasteiger partial charge >= 0.3 is 11.9 Å². The molecule has 0 aromatic heterocycles. The maximum atomic E-state index is 12.7. The summed E-state index contributed by atoms with van der Waals surface area (Å²) in [6.07, 6.45) is 23.0. The van der Waals surface area contributed by atoms with Crippen molar-refractivity contribution in [2.24, 2.45) is 0 Å². The average molecular weight is 503 g/mol. The lowest BCUT2D eigenvalue weighted by atomic mass is 9.64. The summed E-state index contributed by atoms with van der Waals surface area (Å²) in [5, 5.41) is 20.7. The Morgan fingerprint density at radius 3 is 1.28 bits per heavy atom. The number of terminal acetylenes is 4. The highest BCUT2D eigenvalue weighted by Gasteiger charge is 2.50. The first-order valence-corrected chi connectivity index (χ1v) is 11.7.